The lowest BCUT2D eigenvalue weighted by molar-refractivity contribution is 0.0275. The van der Waals surface area contributed by atoms with Crippen molar-refractivity contribution in [2.75, 3.05) is 6.61 Å². The first kappa shape index (κ1) is 13.8. The Balaban J connectivity index is 2.72. The Morgan fingerprint density at radius 1 is 1.53 bits per heavy atom. The minimum Gasteiger partial charge on any atom is -0.326 e. The highest BCUT2D eigenvalue weighted by Crippen LogP contribution is 2.19. The Morgan fingerprint density at radius 3 is 2.71 bits per heavy atom. The van der Waals surface area contributed by atoms with Crippen molar-refractivity contribution in [1.82, 2.24) is 5.48 Å². The summed E-state index contributed by atoms with van der Waals surface area (Å²) < 4.78 is 25.6. The molecule has 7 heteroatoms. The van der Waals surface area contributed by atoms with Gasteiger partial charge in [0, 0.05) is 6.04 Å². The van der Waals surface area contributed by atoms with Crippen LogP contribution < -0.4 is 11.2 Å². The van der Waals surface area contributed by atoms with Crippen LogP contribution in [0, 0.1) is 11.6 Å². The Hall–Kier alpha value is -1.24. The SMILES string of the molecule is CC(N)CONC(=O)c1cc(F)c(F)cc1Cl. The summed E-state index contributed by atoms with van der Waals surface area (Å²) >= 11 is 5.59. The van der Waals surface area contributed by atoms with Crippen LogP contribution >= 0.6 is 11.6 Å². The molecule has 3 N–H and O–H groups in total. The van der Waals surface area contributed by atoms with Crippen molar-refractivity contribution in [2.24, 2.45) is 5.73 Å². The van der Waals surface area contributed by atoms with Gasteiger partial charge in [-0.2, -0.15) is 0 Å². The monoisotopic (exact) mass is 264 g/mol. The molecule has 0 spiro atoms. The lowest BCUT2D eigenvalue weighted by atomic mass is 10.2. The van der Waals surface area contributed by atoms with Gasteiger partial charge in [0.1, 0.15) is 0 Å². The minimum absolute atomic E-state index is 0.0903. The molecule has 1 atom stereocenters. The van der Waals surface area contributed by atoms with Crippen LogP contribution in [0.2, 0.25) is 5.02 Å². The average molecular weight is 265 g/mol. The summed E-state index contributed by atoms with van der Waals surface area (Å²) in [4.78, 5) is 16.2. The summed E-state index contributed by atoms with van der Waals surface area (Å²) in [7, 11) is 0. The number of amides is 1. The Kier molecular flexibility index (Phi) is 4.80. The number of carbonyl (C=O) groups excluding carboxylic acids is 1. The van der Waals surface area contributed by atoms with Gasteiger partial charge in [0.05, 0.1) is 17.2 Å². The summed E-state index contributed by atoms with van der Waals surface area (Å²) in [6.45, 7) is 1.77. The van der Waals surface area contributed by atoms with E-state index in [1.54, 1.807) is 6.92 Å². The lowest BCUT2D eigenvalue weighted by Gasteiger charge is -2.09. The molecule has 0 bridgehead atoms. The second-order valence-electron chi connectivity index (χ2n) is 3.47. The largest absolute Gasteiger partial charge is 0.326 e. The minimum atomic E-state index is -1.16. The molecule has 0 fully saturated rings. The summed E-state index contributed by atoms with van der Waals surface area (Å²) in [5.74, 6) is -3.05. The molecule has 1 amide bonds. The molecule has 0 aliphatic heterocycles. The van der Waals surface area contributed by atoms with Crippen LogP contribution in [-0.2, 0) is 4.84 Å². The van der Waals surface area contributed by atoms with Gasteiger partial charge in [-0.3, -0.25) is 9.63 Å². The molecule has 4 nitrogen and oxygen atoms in total. The van der Waals surface area contributed by atoms with Gasteiger partial charge in [-0.15, -0.1) is 0 Å². The Bertz CT molecular complexity index is 427. The highest BCUT2D eigenvalue weighted by Gasteiger charge is 2.15. The first-order chi connectivity index (χ1) is 7.91. The first-order valence-corrected chi connectivity index (χ1v) is 5.12. The average Bonchev–Trinajstić information content (AvgIpc) is 2.22. The predicted molar refractivity (Wildman–Crippen MR) is 58.4 cm³/mol. The summed E-state index contributed by atoms with van der Waals surface area (Å²) in [6, 6.07) is 1.15. The molecule has 17 heavy (non-hydrogen) atoms. The molecule has 0 saturated heterocycles. The van der Waals surface area contributed by atoms with E-state index in [-0.39, 0.29) is 23.2 Å². The van der Waals surface area contributed by atoms with Gasteiger partial charge in [-0.05, 0) is 19.1 Å². The maximum Gasteiger partial charge on any atom is 0.276 e. The van der Waals surface area contributed by atoms with Crippen molar-refractivity contribution in [3.8, 4) is 0 Å². The zero-order valence-corrected chi connectivity index (χ0v) is 9.72. The molecule has 1 unspecified atom stereocenters. The van der Waals surface area contributed by atoms with Crippen molar-refractivity contribution < 1.29 is 18.4 Å². The van der Waals surface area contributed by atoms with E-state index < -0.39 is 17.5 Å². The number of hydrogen-bond acceptors (Lipinski definition) is 3. The zero-order valence-electron chi connectivity index (χ0n) is 8.97. The lowest BCUT2D eigenvalue weighted by Crippen LogP contribution is -2.31. The van der Waals surface area contributed by atoms with Crippen molar-refractivity contribution in [2.45, 2.75) is 13.0 Å². The second kappa shape index (κ2) is 5.90. The Labute approximate surface area is 102 Å². The molecule has 1 aromatic rings. The predicted octanol–water partition coefficient (Wildman–Crippen LogP) is 1.63. The molecule has 0 aromatic heterocycles. The van der Waals surface area contributed by atoms with Crippen molar-refractivity contribution in [1.29, 1.82) is 0 Å². The van der Waals surface area contributed by atoms with Crippen LogP contribution in [0.1, 0.15) is 17.3 Å². The molecule has 0 radical (unpaired) electrons. The van der Waals surface area contributed by atoms with Gasteiger partial charge >= 0.3 is 0 Å². The summed E-state index contributed by atoms with van der Waals surface area (Å²) in [6.07, 6.45) is 0. The zero-order chi connectivity index (χ0) is 13.0. The van der Waals surface area contributed by atoms with E-state index in [1.807, 2.05) is 5.48 Å². The number of halogens is 3. The van der Waals surface area contributed by atoms with E-state index in [4.69, 9.17) is 22.2 Å². The Morgan fingerprint density at radius 2 is 2.12 bits per heavy atom. The van der Waals surface area contributed by atoms with E-state index in [1.165, 1.54) is 0 Å². The number of hydrogen-bond donors (Lipinski definition) is 2. The maximum atomic E-state index is 12.9. The van der Waals surface area contributed by atoms with Gasteiger partial charge in [0.2, 0.25) is 0 Å². The van der Waals surface area contributed by atoms with E-state index in [9.17, 15) is 13.6 Å². The molecule has 94 valence electrons. The van der Waals surface area contributed by atoms with Gasteiger partial charge in [0.15, 0.2) is 11.6 Å². The van der Waals surface area contributed by atoms with Crippen molar-refractivity contribution in [3.05, 3.63) is 34.4 Å². The van der Waals surface area contributed by atoms with Crippen LogP contribution in [0.5, 0.6) is 0 Å². The van der Waals surface area contributed by atoms with E-state index in [2.05, 4.69) is 0 Å². The quantitative estimate of drug-likeness (QED) is 0.642. The van der Waals surface area contributed by atoms with Gasteiger partial charge in [0.25, 0.3) is 5.91 Å². The van der Waals surface area contributed by atoms with Crippen molar-refractivity contribution in [3.63, 3.8) is 0 Å². The fourth-order valence-electron chi connectivity index (χ4n) is 0.990. The molecule has 1 aromatic carbocycles. The number of nitrogens with one attached hydrogen (secondary N) is 1. The van der Waals surface area contributed by atoms with Gasteiger partial charge < -0.3 is 5.73 Å². The molecular formula is C10H11ClF2N2O2. The van der Waals surface area contributed by atoms with Crippen LogP contribution in [-0.4, -0.2) is 18.6 Å². The second-order valence-corrected chi connectivity index (χ2v) is 3.87. The molecule has 0 heterocycles. The number of hydroxylamine groups is 1. The van der Waals surface area contributed by atoms with Gasteiger partial charge in [-0.1, -0.05) is 11.6 Å². The highest BCUT2D eigenvalue weighted by atomic mass is 35.5. The summed E-state index contributed by atoms with van der Waals surface area (Å²) in [5, 5.41) is -0.203. The third kappa shape index (κ3) is 3.92. The smallest absolute Gasteiger partial charge is 0.276 e. The third-order valence-electron chi connectivity index (χ3n) is 1.77. The number of rotatable bonds is 4. The highest BCUT2D eigenvalue weighted by molar-refractivity contribution is 6.33. The van der Waals surface area contributed by atoms with Crippen LogP contribution in [0.3, 0.4) is 0 Å². The van der Waals surface area contributed by atoms with Gasteiger partial charge in [-0.25, -0.2) is 14.3 Å². The molecular weight excluding hydrogens is 254 g/mol. The van der Waals surface area contributed by atoms with E-state index in [0.29, 0.717) is 6.07 Å². The fourth-order valence-corrected chi connectivity index (χ4v) is 1.23. The normalized spacial score (nSPS) is 12.3. The fraction of sp³-hybridized carbons (Fsp3) is 0.300. The maximum absolute atomic E-state index is 12.9. The van der Waals surface area contributed by atoms with E-state index >= 15 is 0 Å². The number of nitrogens with two attached hydrogens (primary N) is 1. The molecule has 0 aliphatic carbocycles. The van der Waals surface area contributed by atoms with E-state index in [0.717, 1.165) is 6.07 Å². The topological polar surface area (TPSA) is 64.3 Å². The third-order valence-corrected chi connectivity index (χ3v) is 2.08. The first-order valence-electron chi connectivity index (χ1n) is 4.74. The van der Waals surface area contributed by atoms with Crippen LogP contribution in [0.4, 0.5) is 8.78 Å². The summed E-state index contributed by atoms with van der Waals surface area (Å²) in [5.41, 5.74) is 7.19. The molecule has 0 saturated carbocycles. The van der Waals surface area contributed by atoms with Crippen LogP contribution in [0.25, 0.3) is 0 Å². The molecule has 1 rings (SSSR count). The number of carbonyl (C=O) groups is 1. The van der Waals surface area contributed by atoms with Crippen molar-refractivity contribution >= 4 is 17.5 Å². The number of benzene rings is 1. The standard InChI is InChI=1S/C10H11ClF2N2O2/c1-5(14)4-17-15-10(16)6-2-8(12)9(13)3-7(6)11/h2-3,5H,4,14H2,1H3,(H,15,16). The molecule has 0 aliphatic rings. The van der Waals surface area contributed by atoms with Crippen LogP contribution in [0.15, 0.2) is 12.1 Å².